The minimum Gasteiger partial charge on any atom is -0.423 e. The van der Waals surface area contributed by atoms with Crippen LogP contribution in [0.2, 0.25) is 0 Å². The molecule has 0 aliphatic carbocycles. The number of halogens is 6. The van der Waals surface area contributed by atoms with Crippen molar-refractivity contribution in [1.82, 2.24) is 0 Å². The second-order valence-corrected chi connectivity index (χ2v) is 6.20. The summed E-state index contributed by atoms with van der Waals surface area (Å²) in [6.45, 7) is 0. The third kappa shape index (κ3) is 5.42. The van der Waals surface area contributed by atoms with E-state index in [2.05, 4.69) is 0 Å². The Morgan fingerprint density at radius 2 is 1.40 bits per heavy atom. The lowest BCUT2D eigenvalue weighted by atomic mass is 9.80. The molecule has 0 unspecified atom stereocenters. The van der Waals surface area contributed by atoms with Crippen molar-refractivity contribution >= 4 is 24.3 Å². The van der Waals surface area contributed by atoms with Crippen LogP contribution in [0.3, 0.4) is 0 Å². The highest BCUT2D eigenvalue weighted by Crippen LogP contribution is 2.37. The molecule has 2 nitrogen and oxygen atoms in total. The van der Waals surface area contributed by atoms with E-state index in [0.717, 1.165) is 11.8 Å². The first kappa shape index (κ1) is 19.7. The molecule has 2 rings (SSSR count). The highest BCUT2D eigenvalue weighted by molar-refractivity contribution is 7.98. The first-order chi connectivity index (χ1) is 11.5. The lowest BCUT2D eigenvalue weighted by Crippen LogP contribution is -2.29. The summed E-state index contributed by atoms with van der Waals surface area (Å²) in [5, 5.41) is 18.2. The molecule has 0 fully saturated rings. The van der Waals surface area contributed by atoms with Gasteiger partial charge in [0.1, 0.15) is 0 Å². The predicted molar refractivity (Wildman–Crippen MR) is 82.3 cm³/mol. The number of rotatable bonds is 4. The summed E-state index contributed by atoms with van der Waals surface area (Å²) in [6, 6.07) is 7.32. The maximum atomic E-state index is 12.8. The molecule has 0 bridgehead atoms. The van der Waals surface area contributed by atoms with Gasteiger partial charge in [0, 0.05) is 10.6 Å². The molecule has 0 aromatic heterocycles. The van der Waals surface area contributed by atoms with Crippen LogP contribution < -0.4 is 5.46 Å². The summed E-state index contributed by atoms with van der Waals surface area (Å²) >= 11 is 0.987. The van der Waals surface area contributed by atoms with E-state index in [1.54, 1.807) is 6.07 Å². The van der Waals surface area contributed by atoms with Gasteiger partial charge in [-0.05, 0) is 41.4 Å². The van der Waals surface area contributed by atoms with Gasteiger partial charge in [-0.1, -0.05) is 12.1 Å². The Morgan fingerprint density at radius 1 is 0.840 bits per heavy atom. The maximum Gasteiger partial charge on any atom is 0.488 e. The van der Waals surface area contributed by atoms with Gasteiger partial charge in [-0.3, -0.25) is 0 Å². The van der Waals surface area contributed by atoms with Gasteiger partial charge in [0.15, 0.2) is 0 Å². The monoisotopic (exact) mass is 380 g/mol. The van der Waals surface area contributed by atoms with Gasteiger partial charge in [-0.25, -0.2) is 0 Å². The third-order valence-corrected chi connectivity index (χ3v) is 4.27. The molecule has 0 atom stereocenters. The molecule has 2 N–H and O–H groups in total. The van der Waals surface area contributed by atoms with Crippen LogP contribution in [0.4, 0.5) is 26.3 Å². The molecule has 0 aliphatic heterocycles. The van der Waals surface area contributed by atoms with Gasteiger partial charge in [0.2, 0.25) is 0 Å². The van der Waals surface area contributed by atoms with E-state index in [4.69, 9.17) is 10.0 Å². The molecule has 134 valence electrons. The van der Waals surface area contributed by atoms with Gasteiger partial charge < -0.3 is 10.0 Å². The highest BCUT2D eigenvalue weighted by atomic mass is 32.2. The topological polar surface area (TPSA) is 40.5 Å². The number of benzene rings is 2. The van der Waals surface area contributed by atoms with Crippen molar-refractivity contribution < 1.29 is 36.4 Å². The van der Waals surface area contributed by atoms with Crippen molar-refractivity contribution in [3.63, 3.8) is 0 Å². The van der Waals surface area contributed by atoms with Gasteiger partial charge in [0.25, 0.3) is 0 Å². The van der Waals surface area contributed by atoms with Crippen molar-refractivity contribution in [2.75, 3.05) is 0 Å². The zero-order valence-electron chi connectivity index (χ0n) is 12.4. The van der Waals surface area contributed by atoms with Crippen LogP contribution >= 0.6 is 11.8 Å². The summed E-state index contributed by atoms with van der Waals surface area (Å²) in [5.74, 6) is -0.141. The van der Waals surface area contributed by atoms with Crippen molar-refractivity contribution in [1.29, 1.82) is 0 Å². The van der Waals surface area contributed by atoms with Crippen LogP contribution in [0, 0.1) is 0 Å². The van der Waals surface area contributed by atoms with E-state index >= 15 is 0 Å². The Kier molecular flexibility index (Phi) is 5.75. The molecular weight excluding hydrogens is 369 g/mol. The molecule has 2 aromatic carbocycles. The Morgan fingerprint density at radius 3 is 1.88 bits per heavy atom. The molecule has 0 heterocycles. The number of alkyl halides is 6. The van der Waals surface area contributed by atoms with Crippen molar-refractivity contribution in [2.45, 2.75) is 23.0 Å². The molecule has 0 aliphatic rings. The van der Waals surface area contributed by atoms with Crippen molar-refractivity contribution in [3.05, 3.63) is 59.2 Å². The largest absolute Gasteiger partial charge is 0.488 e. The molecule has 10 heteroatoms. The standard InChI is InChI=1S/C15H11BF6O2S/c17-14(18,19)10-4-9(5-11(6-10)15(20,21)22)8-25-13-3-1-2-12(7-13)16(23)24/h1-7,23-24H,8H2. The maximum absolute atomic E-state index is 12.8. The first-order valence-corrected chi connectivity index (χ1v) is 7.82. The third-order valence-electron chi connectivity index (χ3n) is 3.21. The summed E-state index contributed by atoms with van der Waals surface area (Å²) in [5.41, 5.74) is -2.69. The van der Waals surface area contributed by atoms with E-state index in [9.17, 15) is 26.3 Å². The number of thioether (sulfide) groups is 1. The lowest BCUT2D eigenvalue weighted by molar-refractivity contribution is -0.143. The minimum absolute atomic E-state index is 0.0803. The van der Waals surface area contributed by atoms with E-state index in [1.165, 1.54) is 18.2 Å². The Balaban J connectivity index is 2.28. The van der Waals surface area contributed by atoms with Crippen LogP contribution in [-0.2, 0) is 18.1 Å². The zero-order chi connectivity index (χ0) is 18.8. The van der Waals surface area contributed by atoms with Gasteiger partial charge >= 0.3 is 19.5 Å². The molecule has 25 heavy (non-hydrogen) atoms. The quantitative estimate of drug-likeness (QED) is 0.483. The molecule has 0 amide bonds. The van der Waals surface area contributed by atoms with Crippen LogP contribution in [0.25, 0.3) is 0 Å². The number of hydrogen-bond donors (Lipinski definition) is 2. The SMILES string of the molecule is OB(O)c1cccc(SCc2cc(C(F)(F)F)cc(C(F)(F)F)c2)c1. The summed E-state index contributed by atoms with van der Waals surface area (Å²) in [6.07, 6.45) is -9.77. The zero-order valence-corrected chi connectivity index (χ0v) is 13.2. The predicted octanol–water partition coefficient (Wildman–Crippen LogP) is 3.70. The molecule has 0 spiro atoms. The first-order valence-electron chi connectivity index (χ1n) is 6.84. The van der Waals surface area contributed by atoms with Gasteiger partial charge in [0.05, 0.1) is 11.1 Å². The van der Waals surface area contributed by atoms with Crippen LogP contribution in [0.15, 0.2) is 47.4 Å². The highest BCUT2D eigenvalue weighted by Gasteiger charge is 2.36. The fourth-order valence-electron chi connectivity index (χ4n) is 2.03. The molecule has 2 aromatic rings. The fraction of sp³-hybridized carbons (Fsp3) is 0.200. The van der Waals surface area contributed by atoms with E-state index in [0.29, 0.717) is 17.0 Å². The summed E-state index contributed by atoms with van der Waals surface area (Å²) in [4.78, 5) is 0.483. The van der Waals surface area contributed by atoms with E-state index < -0.39 is 30.6 Å². The number of hydrogen-bond acceptors (Lipinski definition) is 3. The lowest BCUT2D eigenvalue weighted by Gasteiger charge is -2.14. The second kappa shape index (κ2) is 7.31. The summed E-state index contributed by atoms with van der Waals surface area (Å²) in [7, 11) is -1.72. The molecule has 0 saturated carbocycles. The molecule has 0 saturated heterocycles. The van der Waals surface area contributed by atoms with E-state index in [-0.39, 0.29) is 22.8 Å². The Bertz CT molecular complexity index is 713. The Hall–Kier alpha value is -1.65. The fourth-order valence-corrected chi connectivity index (χ4v) is 2.93. The van der Waals surface area contributed by atoms with Crippen LogP contribution in [0.1, 0.15) is 16.7 Å². The molecular formula is C15H11BF6O2S. The van der Waals surface area contributed by atoms with Crippen LogP contribution in [-0.4, -0.2) is 17.2 Å². The van der Waals surface area contributed by atoms with Crippen molar-refractivity contribution in [2.24, 2.45) is 0 Å². The van der Waals surface area contributed by atoms with E-state index in [1.807, 2.05) is 0 Å². The molecule has 0 radical (unpaired) electrons. The average molecular weight is 380 g/mol. The minimum atomic E-state index is -4.89. The Labute approximate surface area is 143 Å². The smallest absolute Gasteiger partial charge is 0.423 e. The average Bonchev–Trinajstić information content (AvgIpc) is 2.51. The normalized spacial score (nSPS) is 12.3. The summed E-state index contributed by atoms with van der Waals surface area (Å²) < 4.78 is 76.9. The van der Waals surface area contributed by atoms with Gasteiger partial charge in [-0.15, -0.1) is 11.8 Å². The van der Waals surface area contributed by atoms with Gasteiger partial charge in [-0.2, -0.15) is 26.3 Å². The second-order valence-electron chi connectivity index (χ2n) is 5.15. The van der Waals surface area contributed by atoms with Crippen molar-refractivity contribution in [3.8, 4) is 0 Å². The van der Waals surface area contributed by atoms with Crippen LogP contribution in [0.5, 0.6) is 0 Å².